The standard InChI is InChI=1S/C23H25N3O4S2/c1-14-25-18(13-31-14)21-7-5-17(32-21)8-9-24-23(28)15-10-22(27)26(12-15)19-11-16(29-2)4-6-20(19)30-3/h4-7,11,13,15H,8-10,12H2,1-3H3,(H,24,28). The van der Waals surface area contributed by atoms with Crippen LogP contribution < -0.4 is 19.7 Å². The lowest BCUT2D eigenvalue weighted by atomic mass is 10.1. The van der Waals surface area contributed by atoms with Gasteiger partial charge in [0.15, 0.2) is 0 Å². The second kappa shape index (κ2) is 9.70. The number of carbonyl (C=O) groups is 2. The third-order valence-electron chi connectivity index (χ3n) is 5.38. The van der Waals surface area contributed by atoms with E-state index in [9.17, 15) is 9.59 Å². The van der Waals surface area contributed by atoms with Gasteiger partial charge in [0.1, 0.15) is 11.5 Å². The minimum Gasteiger partial charge on any atom is -0.497 e. The molecule has 1 N–H and O–H groups in total. The minimum atomic E-state index is -0.393. The van der Waals surface area contributed by atoms with E-state index in [-0.39, 0.29) is 18.2 Å². The number of hydrogen-bond donors (Lipinski definition) is 1. The predicted molar refractivity (Wildman–Crippen MR) is 127 cm³/mol. The van der Waals surface area contributed by atoms with Gasteiger partial charge in [0, 0.05) is 35.8 Å². The first-order valence-corrected chi connectivity index (χ1v) is 12.0. The van der Waals surface area contributed by atoms with Crippen molar-refractivity contribution in [2.24, 2.45) is 5.92 Å². The van der Waals surface area contributed by atoms with Crippen LogP contribution in [0, 0.1) is 12.8 Å². The molecule has 2 aromatic heterocycles. The summed E-state index contributed by atoms with van der Waals surface area (Å²) in [4.78, 5) is 33.8. The molecule has 9 heteroatoms. The average molecular weight is 472 g/mol. The number of nitrogens with one attached hydrogen (secondary N) is 1. The Morgan fingerprint density at radius 3 is 2.81 bits per heavy atom. The van der Waals surface area contributed by atoms with Crippen LogP contribution in [0.15, 0.2) is 35.7 Å². The zero-order valence-corrected chi connectivity index (χ0v) is 19.8. The van der Waals surface area contributed by atoms with Crippen molar-refractivity contribution < 1.29 is 19.1 Å². The van der Waals surface area contributed by atoms with Crippen LogP contribution >= 0.6 is 22.7 Å². The molecule has 4 rings (SSSR count). The number of rotatable bonds is 8. The molecule has 1 aromatic carbocycles. The van der Waals surface area contributed by atoms with E-state index in [0.717, 1.165) is 22.0 Å². The van der Waals surface area contributed by atoms with Crippen molar-refractivity contribution in [3.8, 4) is 22.1 Å². The van der Waals surface area contributed by atoms with Gasteiger partial charge >= 0.3 is 0 Å². The number of thiazole rings is 1. The summed E-state index contributed by atoms with van der Waals surface area (Å²) in [6, 6.07) is 9.45. The summed E-state index contributed by atoms with van der Waals surface area (Å²) in [6.07, 6.45) is 0.923. The van der Waals surface area contributed by atoms with E-state index in [1.807, 2.05) is 6.92 Å². The van der Waals surface area contributed by atoms with Crippen molar-refractivity contribution in [1.29, 1.82) is 0 Å². The highest BCUT2D eigenvalue weighted by molar-refractivity contribution is 7.16. The molecule has 168 valence electrons. The second-order valence-corrected chi connectivity index (χ2v) is 9.73. The Morgan fingerprint density at radius 1 is 1.25 bits per heavy atom. The van der Waals surface area contributed by atoms with Gasteiger partial charge in [-0.3, -0.25) is 9.59 Å². The number of methoxy groups -OCH3 is 2. The SMILES string of the molecule is COc1ccc(OC)c(N2CC(C(=O)NCCc3ccc(-c4csc(C)n4)s3)CC2=O)c1. The molecule has 1 saturated heterocycles. The number of amides is 2. The minimum absolute atomic E-state index is 0.0989. The molecule has 1 fully saturated rings. The van der Waals surface area contributed by atoms with Crippen LogP contribution in [0.2, 0.25) is 0 Å². The third kappa shape index (κ3) is 4.78. The van der Waals surface area contributed by atoms with Gasteiger partial charge in [-0.05, 0) is 37.6 Å². The van der Waals surface area contributed by atoms with Gasteiger partial charge in [-0.2, -0.15) is 0 Å². The lowest BCUT2D eigenvalue weighted by molar-refractivity contribution is -0.126. The molecule has 1 unspecified atom stereocenters. The van der Waals surface area contributed by atoms with E-state index in [1.165, 1.54) is 4.88 Å². The van der Waals surface area contributed by atoms with E-state index in [4.69, 9.17) is 9.47 Å². The zero-order chi connectivity index (χ0) is 22.7. The molecular weight excluding hydrogens is 446 g/mol. The van der Waals surface area contributed by atoms with Gasteiger partial charge in [0.05, 0.1) is 41.4 Å². The second-order valence-electron chi connectivity index (χ2n) is 7.50. The van der Waals surface area contributed by atoms with Crippen LogP contribution in [0.3, 0.4) is 0 Å². The predicted octanol–water partition coefficient (Wildman–Crippen LogP) is 3.91. The van der Waals surface area contributed by atoms with Crippen LogP contribution in [0.25, 0.3) is 10.6 Å². The molecular formula is C23H25N3O4S2. The van der Waals surface area contributed by atoms with Crippen LogP contribution in [-0.2, 0) is 16.0 Å². The fraction of sp³-hybridized carbons (Fsp3) is 0.348. The Morgan fingerprint density at radius 2 is 2.09 bits per heavy atom. The fourth-order valence-corrected chi connectivity index (χ4v) is 5.36. The summed E-state index contributed by atoms with van der Waals surface area (Å²) < 4.78 is 10.7. The molecule has 3 heterocycles. The summed E-state index contributed by atoms with van der Waals surface area (Å²) in [5.74, 6) is 0.608. The van der Waals surface area contributed by atoms with Crippen molar-refractivity contribution >= 4 is 40.2 Å². The number of anilines is 1. The maximum Gasteiger partial charge on any atom is 0.227 e. The van der Waals surface area contributed by atoms with E-state index in [1.54, 1.807) is 60.0 Å². The number of thiophene rings is 1. The average Bonchev–Trinajstić information content (AvgIpc) is 3.53. The molecule has 0 bridgehead atoms. The van der Waals surface area contributed by atoms with E-state index in [0.29, 0.717) is 30.3 Å². The molecule has 3 aromatic rings. The van der Waals surface area contributed by atoms with Gasteiger partial charge in [-0.15, -0.1) is 22.7 Å². The molecule has 1 aliphatic rings. The first-order valence-electron chi connectivity index (χ1n) is 10.3. The Kier molecular flexibility index (Phi) is 6.76. The van der Waals surface area contributed by atoms with Gasteiger partial charge < -0.3 is 19.7 Å². The van der Waals surface area contributed by atoms with E-state index >= 15 is 0 Å². The van der Waals surface area contributed by atoms with Gasteiger partial charge in [-0.25, -0.2) is 4.98 Å². The summed E-state index contributed by atoms with van der Waals surface area (Å²) in [7, 11) is 3.13. The summed E-state index contributed by atoms with van der Waals surface area (Å²) >= 11 is 3.33. The quantitative estimate of drug-likeness (QED) is 0.539. The van der Waals surface area contributed by atoms with Crippen molar-refractivity contribution in [2.45, 2.75) is 19.8 Å². The molecule has 0 spiro atoms. The summed E-state index contributed by atoms with van der Waals surface area (Å²) in [5.41, 5.74) is 1.63. The van der Waals surface area contributed by atoms with Crippen LogP contribution in [0.5, 0.6) is 11.5 Å². The highest BCUT2D eigenvalue weighted by atomic mass is 32.1. The van der Waals surface area contributed by atoms with Crippen LogP contribution in [0.1, 0.15) is 16.3 Å². The van der Waals surface area contributed by atoms with Crippen molar-refractivity contribution in [3.05, 3.63) is 45.6 Å². The lowest BCUT2D eigenvalue weighted by Gasteiger charge is -2.20. The highest BCUT2D eigenvalue weighted by Gasteiger charge is 2.36. The Bertz CT molecular complexity index is 1120. The van der Waals surface area contributed by atoms with Crippen LogP contribution in [0.4, 0.5) is 5.69 Å². The Balaban J connectivity index is 1.33. The Labute approximate surface area is 195 Å². The smallest absolute Gasteiger partial charge is 0.227 e. The molecule has 1 aliphatic heterocycles. The fourth-order valence-electron chi connectivity index (χ4n) is 3.70. The molecule has 1 atom stereocenters. The molecule has 0 aliphatic carbocycles. The number of nitrogens with zero attached hydrogens (tertiary/aromatic N) is 2. The lowest BCUT2D eigenvalue weighted by Crippen LogP contribution is -2.34. The number of benzene rings is 1. The van der Waals surface area contributed by atoms with Crippen LogP contribution in [-0.4, -0.2) is 44.1 Å². The number of carbonyl (C=O) groups excluding carboxylic acids is 2. The van der Waals surface area contributed by atoms with Crippen molar-refractivity contribution in [1.82, 2.24) is 10.3 Å². The van der Waals surface area contributed by atoms with Gasteiger partial charge in [-0.1, -0.05) is 0 Å². The number of hydrogen-bond acceptors (Lipinski definition) is 7. The third-order valence-corrected chi connectivity index (χ3v) is 7.32. The molecule has 0 radical (unpaired) electrons. The highest BCUT2D eigenvalue weighted by Crippen LogP contribution is 2.36. The van der Waals surface area contributed by atoms with E-state index < -0.39 is 5.92 Å². The topological polar surface area (TPSA) is 80.8 Å². The maximum atomic E-state index is 12.7. The number of aromatic nitrogens is 1. The van der Waals surface area contributed by atoms with Gasteiger partial charge in [0.25, 0.3) is 0 Å². The van der Waals surface area contributed by atoms with E-state index in [2.05, 4.69) is 27.8 Å². The van der Waals surface area contributed by atoms with Crippen molar-refractivity contribution in [2.75, 3.05) is 32.2 Å². The summed E-state index contributed by atoms with van der Waals surface area (Å²) in [6.45, 7) is 2.85. The van der Waals surface area contributed by atoms with Gasteiger partial charge in [0.2, 0.25) is 11.8 Å². The first-order chi connectivity index (χ1) is 15.5. The van der Waals surface area contributed by atoms with Crippen molar-refractivity contribution in [3.63, 3.8) is 0 Å². The largest absolute Gasteiger partial charge is 0.497 e. The number of ether oxygens (including phenoxy) is 2. The Hall–Kier alpha value is -2.91. The molecule has 32 heavy (non-hydrogen) atoms. The number of aryl methyl sites for hydroxylation is 1. The molecule has 2 amide bonds. The molecule has 7 nitrogen and oxygen atoms in total. The molecule has 0 saturated carbocycles. The monoisotopic (exact) mass is 471 g/mol. The summed E-state index contributed by atoms with van der Waals surface area (Å²) in [5, 5.41) is 6.10. The zero-order valence-electron chi connectivity index (χ0n) is 18.2. The first kappa shape index (κ1) is 22.3. The maximum absolute atomic E-state index is 12.7. The normalized spacial score (nSPS) is 15.8.